The van der Waals surface area contributed by atoms with Crippen molar-refractivity contribution in [2.75, 3.05) is 14.2 Å². The molecule has 0 aromatic heterocycles. The first-order valence-electron chi connectivity index (χ1n) is 10.4. The number of allylic oxidation sites excluding steroid dienone is 2. The van der Waals surface area contributed by atoms with Gasteiger partial charge in [0.2, 0.25) is 0 Å². The Hall–Kier alpha value is -1.32. The summed E-state index contributed by atoms with van der Waals surface area (Å²) in [4.78, 5) is 25.3. The van der Waals surface area contributed by atoms with E-state index in [1.165, 1.54) is 59.2 Å². The first-order chi connectivity index (χ1) is 12.6. The Balaban J connectivity index is 2.01. The number of hydrogen-bond acceptors (Lipinski definition) is 4. The molecule has 2 aliphatic rings. The van der Waals surface area contributed by atoms with Crippen LogP contribution in [0.3, 0.4) is 0 Å². The topological polar surface area (TPSA) is 52.6 Å². The van der Waals surface area contributed by atoms with Gasteiger partial charge < -0.3 is 9.47 Å². The van der Waals surface area contributed by atoms with E-state index >= 15 is 0 Å². The minimum atomic E-state index is -1.11. The monoisotopic (exact) mass is 364 g/mol. The highest BCUT2D eigenvalue weighted by Crippen LogP contribution is 2.57. The Morgan fingerprint density at radius 3 is 2.23 bits per heavy atom. The van der Waals surface area contributed by atoms with Crippen molar-refractivity contribution in [1.29, 1.82) is 0 Å². The fraction of sp³-hybridized carbons (Fsp3) is 0.818. The molecule has 4 nitrogen and oxygen atoms in total. The zero-order chi connectivity index (χ0) is 19.0. The molecule has 0 bridgehead atoms. The van der Waals surface area contributed by atoms with Gasteiger partial charge in [0.25, 0.3) is 0 Å². The summed E-state index contributed by atoms with van der Waals surface area (Å²) in [5.74, 6) is -0.136. The van der Waals surface area contributed by atoms with Crippen LogP contribution in [0.2, 0.25) is 0 Å². The maximum absolute atomic E-state index is 12.7. The molecular formula is C22H36O4. The van der Waals surface area contributed by atoms with E-state index in [9.17, 15) is 9.59 Å². The molecule has 0 spiro atoms. The van der Waals surface area contributed by atoms with Crippen LogP contribution in [0.4, 0.5) is 0 Å². The van der Waals surface area contributed by atoms with Crippen LogP contribution in [0.1, 0.15) is 77.6 Å². The smallest absolute Gasteiger partial charge is 0.323 e. The highest BCUT2D eigenvalue weighted by molar-refractivity contribution is 6.01. The highest BCUT2D eigenvalue weighted by Gasteiger charge is 2.63. The first-order valence-corrected chi connectivity index (χ1v) is 10.4. The van der Waals surface area contributed by atoms with Gasteiger partial charge in [-0.15, -0.1) is 0 Å². The number of methoxy groups -OCH3 is 2. The fourth-order valence-corrected chi connectivity index (χ4v) is 5.19. The van der Waals surface area contributed by atoms with Crippen LogP contribution in [0.25, 0.3) is 0 Å². The lowest BCUT2D eigenvalue weighted by Gasteiger charge is -2.33. The van der Waals surface area contributed by atoms with Crippen LogP contribution in [-0.2, 0) is 19.1 Å². The predicted octanol–water partition coefficient (Wildman–Crippen LogP) is 5.06. The fourth-order valence-electron chi connectivity index (χ4n) is 5.19. The molecule has 0 N–H and O–H groups in total. The predicted molar refractivity (Wildman–Crippen MR) is 103 cm³/mol. The lowest BCUT2D eigenvalue weighted by Crippen LogP contribution is -2.45. The summed E-state index contributed by atoms with van der Waals surface area (Å²) in [5, 5.41) is 0. The van der Waals surface area contributed by atoms with Crippen molar-refractivity contribution >= 4 is 11.9 Å². The van der Waals surface area contributed by atoms with E-state index in [1.54, 1.807) is 0 Å². The molecule has 0 aromatic carbocycles. The van der Waals surface area contributed by atoms with Crippen molar-refractivity contribution < 1.29 is 19.1 Å². The van der Waals surface area contributed by atoms with Gasteiger partial charge in [-0.3, -0.25) is 9.59 Å². The van der Waals surface area contributed by atoms with Crippen LogP contribution in [0, 0.1) is 23.2 Å². The SMILES string of the molecule is CCCCCCCCCC1CC(C(=O)OC)(C(=O)OC)C2CCC=CC12. The molecule has 148 valence electrons. The van der Waals surface area contributed by atoms with Gasteiger partial charge in [0.1, 0.15) is 0 Å². The van der Waals surface area contributed by atoms with Crippen molar-refractivity contribution in [3.8, 4) is 0 Å². The molecule has 1 fully saturated rings. The van der Waals surface area contributed by atoms with Crippen molar-refractivity contribution in [1.82, 2.24) is 0 Å². The van der Waals surface area contributed by atoms with Crippen LogP contribution in [0.5, 0.6) is 0 Å². The Morgan fingerprint density at radius 1 is 1.00 bits per heavy atom. The molecule has 26 heavy (non-hydrogen) atoms. The summed E-state index contributed by atoms with van der Waals surface area (Å²) in [7, 11) is 2.76. The second-order valence-electron chi connectivity index (χ2n) is 8.02. The van der Waals surface area contributed by atoms with Gasteiger partial charge in [-0.05, 0) is 43.4 Å². The molecule has 3 unspecified atom stereocenters. The van der Waals surface area contributed by atoms with E-state index in [1.807, 2.05) is 0 Å². The third-order valence-corrected chi connectivity index (χ3v) is 6.51. The Bertz CT molecular complexity index is 480. The van der Waals surface area contributed by atoms with E-state index in [0.29, 0.717) is 18.3 Å². The number of carbonyl (C=O) groups is 2. The van der Waals surface area contributed by atoms with E-state index in [4.69, 9.17) is 9.47 Å². The second kappa shape index (κ2) is 10.1. The van der Waals surface area contributed by atoms with Crippen LogP contribution in [0.15, 0.2) is 12.2 Å². The Kier molecular flexibility index (Phi) is 8.17. The molecule has 0 radical (unpaired) electrons. The van der Waals surface area contributed by atoms with Gasteiger partial charge in [0, 0.05) is 0 Å². The summed E-state index contributed by atoms with van der Waals surface area (Å²) in [6, 6.07) is 0. The largest absolute Gasteiger partial charge is 0.468 e. The number of esters is 2. The zero-order valence-corrected chi connectivity index (χ0v) is 16.8. The molecule has 0 saturated heterocycles. The number of hydrogen-bond donors (Lipinski definition) is 0. The molecule has 2 rings (SSSR count). The summed E-state index contributed by atoms with van der Waals surface area (Å²) in [6.07, 6.45) is 16.8. The third-order valence-electron chi connectivity index (χ3n) is 6.51. The van der Waals surface area contributed by atoms with Crippen LogP contribution < -0.4 is 0 Å². The van der Waals surface area contributed by atoms with Crippen molar-refractivity contribution in [3.63, 3.8) is 0 Å². The standard InChI is InChI=1S/C22H36O4/c1-4-5-6-7-8-9-10-13-17-16-22(20(23)25-2,21(24)26-3)19-15-12-11-14-18(17)19/h11,14,17-19H,4-10,12-13,15-16H2,1-3H3. The molecule has 0 aliphatic heterocycles. The maximum Gasteiger partial charge on any atom is 0.323 e. The zero-order valence-electron chi connectivity index (χ0n) is 16.8. The summed E-state index contributed by atoms with van der Waals surface area (Å²) in [6.45, 7) is 2.24. The molecule has 4 heteroatoms. The van der Waals surface area contributed by atoms with E-state index in [0.717, 1.165) is 19.3 Å². The van der Waals surface area contributed by atoms with Crippen LogP contribution in [-0.4, -0.2) is 26.2 Å². The molecule has 0 aromatic rings. The van der Waals surface area contributed by atoms with Gasteiger partial charge >= 0.3 is 11.9 Å². The average molecular weight is 365 g/mol. The van der Waals surface area contributed by atoms with Gasteiger partial charge in [-0.1, -0.05) is 64.0 Å². The highest BCUT2D eigenvalue weighted by atomic mass is 16.5. The third kappa shape index (κ3) is 4.32. The summed E-state index contributed by atoms with van der Waals surface area (Å²) in [5.41, 5.74) is -1.11. The van der Waals surface area contributed by atoms with Gasteiger partial charge in [-0.2, -0.15) is 0 Å². The Labute approximate surface area is 158 Å². The summed E-state index contributed by atoms with van der Waals surface area (Å²) < 4.78 is 10.1. The number of ether oxygens (including phenoxy) is 2. The lowest BCUT2D eigenvalue weighted by atomic mass is 9.71. The molecule has 1 saturated carbocycles. The lowest BCUT2D eigenvalue weighted by molar-refractivity contribution is -0.173. The Morgan fingerprint density at radius 2 is 1.62 bits per heavy atom. The minimum Gasteiger partial charge on any atom is -0.468 e. The number of carbonyl (C=O) groups excluding carboxylic acids is 2. The van der Waals surface area contributed by atoms with E-state index in [-0.39, 0.29) is 5.92 Å². The summed E-state index contributed by atoms with van der Waals surface area (Å²) >= 11 is 0. The maximum atomic E-state index is 12.7. The number of fused-ring (bicyclic) bond motifs is 1. The molecule has 0 heterocycles. The van der Waals surface area contributed by atoms with E-state index in [2.05, 4.69) is 19.1 Å². The van der Waals surface area contributed by atoms with Gasteiger partial charge in [0.05, 0.1) is 14.2 Å². The molecule has 2 aliphatic carbocycles. The minimum absolute atomic E-state index is 0.0157. The quantitative estimate of drug-likeness (QED) is 0.235. The molecule has 3 atom stereocenters. The van der Waals surface area contributed by atoms with Crippen LogP contribution >= 0.6 is 0 Å². The van der Waals surface area contributed by atoms with Crippen molar-refractivity contribution in [2.24, 2.45) is 23.2 Å². The van der Waals surface area contributed by atoms with Gasteiger partial charge in [-0.25, -0.2) is 0 Å². The normalized spacial score (nSPS) is 26.3. The van der Waals surface area contributed by atoms with Crippen molar-refractivity contribution in [3.05, 3.63) is 12.2 Å². The molecular weight excluding hydrogens is 328 g/mol. The second-order valence-corrected chi connectivity index (χ2v) is 8.02. The van der Waals surface area contributed by atoms with Gasteiger partial charge in [0.15, 0.2) is 5.41 Å². The molecule has 0 amide bonds. The number of unbranched alkanes of at least 4 members (excludes halogenated alkanes) is 6. The number of rotatable bonds is 10. The average Bonchev–Trinajstić information content (AvgIpc) is 3.01. The first kappa shape index (κ1) is 21.0. The van der Waals surface area contributed by atoms with Crippen molar-refractivity contribution in [2.45, 2.75) is 77.6 Å². The van der Waals surface area contributed by atoms with E-state index < -0.39 is 17.4 Å².